The molecule has 0 atom stereocenters. The van der Waals surface area contributed by atoms with Crippen molar-refractivity contribution in [2.45, 2.75) is 6.42 Å². The zero-order valence-electron chi connectivity index (χ0n) is 8.70. The van der Waals surface area contributed by atoms with Crippen LogP contribution in [0.5, 0.6) is 0 Å². The van der Waals surface area contributed by atoms with E-state index < -0.39 is 0 Å². The Bertz CT molecular complexity index is 363. The fraction of sp³-hybridized carbons (Fsp3) is 0.200. The lowest BCUT2D eigenvalue weighted by Gasteiger charge is -2.04. The van der Waals surface area contributed by atoms with Crippen molar-refractivity contribution >= 4 is 34.8 Å². The maximum Gasteiger partial charge on any atom is 0.218 e. The number of hydrogen-bond acceptors (Lipinski definition) is 1. The summed E-state index contributed by atoms with van der Waals surface area (Å²) in [4.78, 5) is 3.77. The summed E-state index contributed by atoms with van der Waals surface area (Å²) >= 11 is 1.86. The second kappa shape index (κ2) is 7.04. The van der Waals surface area contributed by atoms with E-state index in [1.165, 1.54) is 5.56 Å². The Hall–Kier alpha value is -1.31. The molecule has 1 rings (SSSR count). The van der Waals surface area contributed by atoms with Gasteiger partial charge in [0.1, 0.15) is 0 Å². The summed E-state index contributed by atoms with van der Waals surface area (Å²) in [5, 5.41) is 10.3. The van der Waals surface area contributed by atoms with Gasteiger partial charge in [-0.3, -0.25) is 8.94 Å². The van der Waals surface area contributed by atoms with Gasteiger partial charge in [-0.25, -0.2) is 0 Å². The first kappa shape index (κ1) is 12.8. The molecule has 0 amide bonds. The topological polar surface area (TPSA) is 86.3 Å². The average molecular weight is 331 g/mol. The molecule has 0 fully saturated rings. The van der Waals surface area contributed by atoms with Gasteiger partial charge in [0, 0.05) is 6.54 Å². The van der Waals surface area contributed by atoms with Gasteiger partial charge >= 0.3 is 0 Å². The van der Waals surface area contributed by atoms with E-state index in [0.29, 0.717) is 6.54 Å². The first-order valence-corrected chi connectivity index (χ1v) is 5.87. The number of benzene rings is 1. The summed E-state index contributed by atoms with van der Waals surface area (Å²) < 4.78 is 2.62. The van der Waals surface area contributed by atoms with Crippen LogP contribution in [0.4, 0.5) is 0 Å². The number of aliphatic imine (C=N–C) groups is 1. The molecule has 0 aromatic heterocycles. The maximum absolute atomic E-state index is 7.47. The van der Waals surface area contributed by atoms with Crippen LogP contribution in [0, 0.1) is 5.41 Å². The Morgan fingerprint density at radius 3 is 2.69 bits per heavy atom. The van der Waals surface area contributed by atoms with Crippen molar-refractivity contribution in [3.05, 3.63) is 35.9 Å². The monoisotopic (exact) mass is 331 g/mol. The average Bonchev–Trinajstić information content (AvgIpc) is 2.30. The number of nitrogens with two attached hydrogens (primary N) is 1. The molecule has 5 nitrogen and oxygen atoms in total. The molecule has 0 unspecified atom stereocenters. The third-order valence-corrected chi connectivity index (χ3v) is 2.43. The lowest BCUT2D eigenvalue weighted by atomic mass is 10.1. The maximum atomic E-state index is 7.47. The number of nitrogens with zero attached hydrogens (tertiary/aromatic N) is 1. The summed E-state index contributed by atoms with van der Waals surface area (Å²) in [6.45, 7) is 0.668. The molecule has 0 aliphatic heterocycles. The summed E-state index contributed by atoms with van der Waals surface area (Å²) in [6, 6.07) is 10.1. The van der Waals surface area contributed by atoms with Crippen molar-refractivity contribution in [2.75, 3.05) is 6.54 Å². The van der Waals surface area contributed by atoms with Crippen LogP contribution in [0.2, 0.25) is 0 Å². The Kier molecular flexibility index (Phi) is 5.62. The van der Waals surface area contributed by atoms with Gasteiger partial charge in [-0.1, -0.05) is 30.3 Å². The Morgan fingerprint density at radius 2 is 2.06 bits per heavy atom. The van der Waals surface area contributed by atoms with Crippen LogP contribution < -0.4 is 14.6 Å². The lowest BCUT2D eigenvalue weighted by Crippen LogP contribution is -2.30. The van der Waals surface area contributed by atoms with Crippen molar-refractivity contribution in [3.8, 4) is 0 Å². The van der Waals surface area contributed by atoms with Crippen molar-refractivity contribution in [1.82, 2.24) is 8.85 Å². The van der Waals surface area contributed by atoms with Gasteiger partial charge in [-0.05, 0) is 12.0 Å². The highest BCUT2D eigenvalue weighted by Crippen LogP contribution is 1.97. The normalized spacial score (nSPS) is 10.9. The van der Waals surface area contributed by atoms with E-state index in [-0.39, 0.29) is 11.9 Å². The molecule has 1 aromatic rings. The number of rotatable bonds is 3. The minimum Gasteiger partial charge on any atom is -0.369 e. The number of hydrogen-bond donors (Lipinski definition) is 4. The van der Waals surface area contributed by atoms with Crippen LogP contribution >= 0.6 is 22.9 Å². The summed E-state index contributed by atoms with van der Waals surface area (Å²) in [5.41, 5.74) is 6.64. The van der Waals surface area contributed by atoms with Crippen LogP contribution in [0.25, 0.3) is 0 Å². The third-order valence-electron chi connectivity index (χ3n) is 1.88. The Morgan fingerprint density at radius 1 is 1.38 bits per heavy atom. The van der Waals surface area contributed by atoms with Crippen molar-refractivity contribution < 1.29 is 0 Å². The Balaban J connectivity index is 2.29. The highest BCUT2D eigenvalue weighted by molar-refractivity contribution is 14.1. The zero-order chi connectivity index (χ0) is 11.8. The molecule has 6 heteroatoms. The number of guanidine groups is 2. The SMILES string of the molecule is N=C(/N=C(\N)NI)NCCc1ccccc1. The van der Waals surface area contributed by atoms with Gasteiger partial charge in [0.2, 0.25) is 11.9 Å². The lowest BCUT2D eigenvalue weighted by molar-refractivity contribution is 0.853. The van der Waals surface area contributed by atoms with E-state index in [2.05, 4.69) is 26.0 Å². The number of halogens is 1. The van der Waals surface area contributed by atoms with Gasteiger partial charge in [-0.2, -0.15) is 4.99 Å². The molecule has 0 aliphatic carbocycles. The molecule has 0 heterocycles. The van der Waals surface area contributed by atoms with E-state index in [9.17, 15) is 0 Å². The second-order valence-corrected chi connectivity index (χ2v) is 3.64. The van der Waals surface area contributed by atoms with Gasteiger partial charge < -0.3 is 11.1 Å². The molecule has 5 N–H and O–H groups in total. The molecule has 0 saturated carbocycles. The van der Waals surface area contributed by atoms with Gasteiger partial charge in [0.15, 0.2) is 0 Å². The molecular weight excluding hydrogens is 317 g/mol. The molecule has 86 valence electrons. The van der Waals surface area contributed by atoms with Crippen LogP contribution in [0.15, 0.2) is 35.3 Å². The molecule has 0 spiro atoms. The van der Waals surface area contributed by atoms with Gasteiger partial charge in [0.25, 0.3) is 0 Å². The second-order valence-electron chi connectivity index (χ2n) is 3.10. The van der Waals surface area contributed by atoms with E-state index in [1.807, 2.05) is 41.1 Å². The molecule has 0 radical (unpaired) electrons. The van der Waals surface area contributed by atoms with E-state index in [1.54, 1.807) is 0 Å². The molecule has 0 aliphatic rings. The fourth-order valence-electron chi connectivity index (χ4n) is 1.15. The number of nitrogens with one attached hydrogen (secondary N) is 3. The highest BCUT2D eigenvalue weighted by Gasteiger charge is 1.95. The quantitative estimate of drug-likeness (QED) is 0.289. The summed E-state index contributed by atoms with van der Waals surface area (Å²) in [5.74, 6) is 0.287. The molecule has 0 saturated heterocycles. The predicted molar refractivity (Wildman–Crippen MR) is 74.7 cm³/mol. The minimum atomic E-state index is 0.0672. The third kappa shape index (κ3) is 4.96. The molecular formula is C10H14IN5. The van der Waals surface area contributed by atoms with Crippen LogP contribution in [-0.2, 0) is 6.42 Å². The zero-order valence-corrected chi connectivity index (χ0v) is 10.9. The van der Waals surface area contributed by atoms with Gasteiger partial charge in [-0.15, -0.1) is 0 Å². The van der Waals surface area contributed by atoms with E-state index in [4.69, 9.17) is 11.1 Å². The smallest absolute Gasteiger partial charge is 0.218 e. The van der Waals surface area contributed by atoms with Crippen molar-refractivity contribution in [1.29, 1.82) is 5.41 Å². The highest BCUT2D eigenvalue weighted by atomic mass is 127. The molecule has 1 aromatic carbocycles. The summed E-state index contributed by atoms with van der Waals surface area (Å²) in [7, 11) is 0. The summed E-state index contributed by atoms with van der Waals surface area (Å²) in [6.07, 6.45) is 0.857. The van der Waals surface area contributed by atoms with E-state index >= 15 is 0 Å². The standard InChI is InChI=1S/C10H14IN5/c11-16-10(13)15-9(12)14-7-6-8-4-2-1-3-5-8/h1-5H,6-7H2,(H5,12,13,14,15,16). The largest absolute Gasteiger partial charge is 0.369 e. The first-order chi connectivity index (χ1) is 7.72. The minimum absolute atomic E-state index is 0.0672. The van der Waals surface area contributed by atoms with Crippen LogP contribution in [-0.4, -0.2) is 18.5 Å². The van der Waals surface area contributed by atoms with Crippen LogP contribution in [0.3, 0.4) is 0 Å². The van der Waals surface area contributed by atoms with Crippen molar-refractivity contribution in [3.63, 3.8) is 0 Å². The Labute approximate surface area is 109 Å². The van der Waals surface area contributed by atoms with E-state index in [0.717, 1.165) is 6.42 Å². The molecule has 0 bridgehead atoms. The van der Waals surface area contributed by atoms with Crippen LogP contribution in [0.1, 0.15) is 5.56 Å². The predicted octanol–water partition coefficient (Wildman–Crippen LogP) is 1.01. The van der Waals surface area contributed by atoms with Crippen molar-refractivity contribution in [2.24, 2.45) is 10.7 Å². The fourth-order valence-corrected chi connectivity index (χ4v) is 1.27. The first-order valence-electron chi connectivity index (χ1n) is 4.79. The molecule has 16 heavy (non-hydrogen) atoms. The van der Waals surface area contributed by atoms with Gasteiger partial charge in [0.05, 0.1) is 22.9 Å².